The molecule has 0 spiro atoms. The quantitative estimate of drug-likeness (QED) is 0.852. The van der Waals surface area contributed by atoms with Gasteiger partial charge in [0.2, 0.25) is 0 Å². The highest BCUT2D eigenvalue weighted by Gasteiger charge is 2.32. The predicted molar refractivity (Wildman–Crippen MR) is 61.9 cm³/mol. The number of alkyl halides is 3. The molecule has 1 aromatic rings. The van der Waals surface area contributed by atoms with Gasteiger partial charge in [-0.2, -0.15) is 0 Å². The molecular formula is C11H12ClF4NO2. The molecule has 1 N–H and O–H groups in total. The van der Waals surface area contributed by atoms with Gasteiger partial charge in [-0.1, -0.05) is 6.07 Å². The minimum Gasteiger partial charge on any atom is -0.403 e. The van der Waals surface area contributed by atoms with Crippen LogP contribution in [0.4, 0.5) is 17.6 Å². The van der Waals surface area contributed by atoms with Gasteiger partial charge in [-0.3, -0.25) is 0 Å². The smallest absolute Gasteiger partial charge is 0.403 e. The molecule has 1 aliphatic rings. The van der Waals surface area contributed by atoms with Crippen molar-refractivity contribution in [3.63, 3.8) is 0 Å². The molecule has 1 aliphatic heterocycles. The number of ether oxygens (including phenoxy) is 2. The average molecular weight is 302 g/mol. The standard InChI is InChI=1S/C11H11F4NO2.ClH/c12-8-5-7(9-6-17-4-3-16-9)1-2-10(8)18-11(13,14)15;/h1-2,5,9,16H,3-4,6H2;1H/t9-;/m1./s1. The molecule has 0 aliphatic carbocycles. The Morgan fingerprint density at radius 1 is 1.32 bits per heavy atom. The van der Waals surface area contributed by atoms with Gasteiger partial charge >= 0.3 is 6.36 Å². The van der Waals surface area contributed by atoms with E-state index in [0.29, 0.717) is 25.3 Å². The number of hydrogen-bond acceptors (Lipinski definition) is 3. The summed E-state index contributed by atoms with van der Waals surface area (Å²) in [5.74, 6) is -1.87. The van der Waals surface area contributed by atoms with Crippen LogP contribution in [0.25, 0.3) is 0 Å². The van der Waals surface area contributed by atoms with Crippen LogP contribution >= 0.6 is 12.4 Å². The van der Waals surface area contributed by atoms with Gasteiger partial charge in [-0.15, -0.1) is 25.6 Å². The van der Waals surface area contributed by atoms with Gasteiger partial charge in [0, 0.05) is 6.54 Å². The molecule has 1 fully saturated rings. The van der Waals surface area contributed by atoms with Gasteiger partial charge in [0.05, 0.1) is 19.3 Å². The van der Waals surface area contributed by atoms with Crippen LogP contribution in [0.2, 0.25) is 0 Å². The van der Waals surface area contributed by atoms with Crippen molar-refractivity contribution in [3.05, 3.63) is 29.6 Å². The Hall–Kier alpha value is -1.05. The number of nitrogens with one attached hydrogen (secondary N) is 1. The Kier molecular flexibility index (Phi) is 5.39. The van der Waals surface area contributed by atoms with E-state index in [1.165, 1.54) is 6.07 Å². The predicted octanol–water partition coefficient (Wildman–Crippen LogP) is 2.81. The second-order valence-corrected chi connectivity index (χ2v) is 3.82. The number of hydrogen-bond donors (Lipinski definition) is 1. The molecular weight excluding hydrogens is 290 g/mol. The van der Waals surface area contributed by atoms with Crippen molar-refractivity contribution in [1.82, 2.24) is 5.32 Å². The largest absolute Gasteiger partial charge is 0.573 e. The lowest BCUT2D eigenvalue weighted by Crippen LogP contribution is -2.34. The van der Waals surface area contributed by atoms with E-state index in [-0.39, 0.29) is 18.4 Å². The third-order valence-electron chi connectivity index (χ3n) is 2.51. The summed E-state index contributed by atoms with van der Waals surface area (Å²) in [6.07, 6.45) is -4.89. The van der Waals surface area contributed by atoms with Crippen molar-refractivity contribution in [3.8, 4) is 5.75 Å². The monoisotopic (exact) mass is 301 g/mol. The van der Waals surface area contributed by atoms with Crippen molar-refractivity contribution in [1.29, 1.82) is 0 Å². The van der Waals surface area contributed by atoms with E-state index in [1.54, 1.807) is 0 Å². The first kappa shape index (κ1) is 16.0. The minimum atomic E-state index is -4.89. The zero-order valence-corrected chi connectivity index (χ0v) is 10.5. The topological polar surface area (TPSA) is 30.5 Å². The third-order valence-corrected chi connectivity index (χ3v) is 2.51. The fourth-order valence-electron chi connectivity index (χ4n) is 1.72. The Bertz CT molecular complexity index is 422. The molecule has 108 valence electrons. The van der Waals surface area contributed by atoms with Crippen molar-refractivity contribution >= 4 is 12.4 Å². The van der Waals surface area contributed by atoms with Gasteiger partial charge in [0.1, 0.15) is 0 Å². The van der Waals surface area contributed by atoms with Crippen LogP contribution in [0.3, 0.4) is 0 Å². The van der Waals surface area contributed by atoms with Crippen molar-refractivity contribution in [2.45, 2.75) is 12.4 Å². The fourth-order valence-corrected chi connectivity index (χ4v) is 1.72. The zero-order chi connectivity index (χ0) is 13.2. The highest BCUT2D eigenvalue weighted by molar-refractivity contribution is 5.85. The maximum Gasteiger partial charge on any atom is 0.573 e. The SMILES string of the molecule is Cl.Fc1cc([C@H]2COCCN2)ccc1OC(F)(F)F. The molecule has 1 aromatic carbocycles. The van der Waals surface area contributed by atoms with E-state index in [1.807, 2.05) is 0 Å². The summed E-state index contributed by atoms with van der Waals surface area (Å²) < 4.78 is 58.0. The summed E-state index contributed by atoms with van der Waals surface area (Å²) in [7, 11) is 0. The molecule has 2 rings (SSSR count). The van der Waals surface area contributed by atoms with E-state index in [4.69, 9.17) is 4.74 Å². The maximum atomic E-state index is 13.4. The van der Waals surface area contributed by atoms with Crippen molar-refractivity contribution in [2.24, 2.45) is 0 Å². The van der Waals surface area contributed by atoms with Crippen molar-refractivity contribution in [2.75, 3.05) is 19.8 Å². The summed E-state index contributed by atoms with van der Waals surface area (Å²) in [6, 6.07) is 3.16. The van der Waals surface area contributed by atoms with Crippen molar-refractivity contribution < 1.29 is 27.0 Å². The lowest BCUT2D eigenvalue weighted by atomic mass is 10.1. The van der Waals surface area contributed by atoms with Crippen LogP contribution in [0, 0.1) is 5.82 Å². The van der Waals surface area contributed by atoms with Gasteiger partial charge in [0.15, 0.2) is 11.6 Å². The van der Waals surface area contributed by atoms with Gasteiger partial charge in [0.25, 0.3) is 0 Å². The molecule has 1 heterocycles. The summed E-state index contributed by atoms with van der Waals surface area (Å²) in [5, 5.41) is 3.08. The van der Waals surface area contributed by atoms with Crippen LogP contribution < -0.4 is 10.1 Å². The summed E-state index contributed by atoms with van der Waals surface area (Å²) >= 11 is 0. The summed E-state index contributed by atoms with van der Waals surface area (Å²) in [4.78, 5) is 0. The number of rotatable bonds is 2. The number of morpholine rings is 1. The Morgan fingerprint density at radius 3 is 2.58 bits per heavy atom. The molecule has 0 radical (unpaired) electrons. The minimum absolute atomic E-state index is 0. The van der Waals surface area contributed by atoms with Gasteiger partial charge < -0.3 is 14.8 Å². The Balaban J connectivity index is 0.00000180. The summed E-state index contributed by atoms with van der Waals surface area (Å²) in [5.41, 5.74) is 0.529. The third kappa shape index (κ3) is 4.52. The van der Waals surface area contributed by atoms with Crippen LogP contribution in [0.5, 0.6) is 5.75 Å². The molecule has 0 saturated carbocycles. The first-order valence-electron chi connectivity index (χ1n) is 5.32. The molecule has 19 heavy (non-hydrogen) atoms. The zero-order valence-electron chi connectivity index (χ0n) is 9.67. The first-order chi connectivity index (χ1) is 8.46. The second-order valence-electron chi connectivity index (χ2n) is 3.82. The second kappa shape index (κ2) is 6.40. The number of halogens is 5. The summed E-state index contributed by atoms with van der Waals surface area (Å²) in [6.45, 7) is 1.54. The molecule has 0 bridgehead atoms. The molecule has 1 saturated heterocycles. The average Bonchev–Trinajstić information content (AvgIpc) is 2.31. The normalized spacial score (nSPS) is 19.7. The number of benzene rings is 1. The van der Waals surface area contributed by atoms with Crippen LogP contribution in [0.1, 0.15) is 11.6 Å². The molecule has 3 nitrogen and oxygen atoms in total. The Morgan fingerprint density at radius 2 is 2.05 bits per heavy atom. The first-order valence-corrected chi connectivity index (χ1v) is 5.32. The van der Waals surface area contributed by atoms with E-state index < -0.39 is 17.9 Å². The maximum absolute atomic E-state index is 13.4. The van der Waals surface area contributed by atoms with E-state index in [9.17, 15) is 17.6 Å². The van der Waals surface area contributed by atoms with E-state index in [2.05, 4.69) is 10.1 Å². The highest BCUT2D eigenvalue weighted by Crippen LogP contribution is 2.28. The lowest BCUT2D eigenvalue weighted by molar-refractivity contribution is -0.275. The molecule has 1 atom stereocenters. The van der Waals surface area contributed by atoms with Crippen LogP contribution in [-0.4, -0.2) is 26.1 Å². The highest BCUT2D eigenvalue weighted by atomic mass is 35.5. The fraction of sp³-hybridized carbons (Fsp3) is 0.455. The molecule has 8 heteroatoms. The molecule has 0 unspecified atom stereocenters. The Labute approximate surface area is 113 Å². The molecule has 0 amide bonds. The van der Waals surface area contributed by atoms with Crippen LogP contribution in [0.15, 0.2) is 18.2 Å². The lowest BCUT2D eigenvalue weighted by Gasteiger charge is -2.24. The molecule has 0 aromatic heterocycles. The van der Waals surface area contributed by atoms with E-state index in [0.717, 1.165) is 12.1 Å². The van der Waals surface area contributed by atoms with Gasteiger partial charge in [-0.05, 0) is 17.7 Å². The van der Waals surface area contributed by atoms with Crippen LogP contribution in [-0.2, 0) is 4.74 Å². The van der Waals surface area contributed by atoms with Gasteiger partial charge in [-0.25, -0.2) is 4.39 Å². The van der Waals surface area contributed by atoms with E-state index >= 15 is 0 Å².